The first-order valence-electron chi connectivity index (χ1n) is 5.56. The van der Waals surface area contributed by atoms with Gasteiger partial charge in [0.1, 0.15) is 4.90 Å². The number of pyridine rings is 1. The van der Waals surface area contributed by atoms with Gasteiger partial charge in [-0.25, -0.2) is 12.7 Å². The molecule has 0 fully saturated rings. The lowest BCUT2D eigenvalue weighted by molar-refractivity contribution is 0.281. The van der Waals surface area contributed by atoms with E-state index in [-0.39, 0.29) is 11.5 Å². The number of rotatable bonds is 7. The topological polar surface area (TPSA) is 70.5 Å². The largest absolute Gasteiger partial charge is 0.396 e. The van der Waals surface area contributed by atoms with E-state index in [1.807, 2.05) is 0 Å². The molecule has 1 heterocycles. The van der Waals surface area contributed by atoms with Crippen LogP contribution in [0.2, 0.25) is 0 Å². The zero-order chi connectivity index (χ0) is 12.7. The van der Waals surface area contributed by atoms with Gasteiger partial charge in [-0.2, -0.15) is 0 Å². The van der Waals surface area contributed by atoms with E-state index in [2.05, 4.69) is 4.98 Å². The van der Waals surface area contributed by atoms with Crippen LogP contribution < -0.4 is 0 Å². The van der Waals surface area contributed by atoms with E-state index in [1.165, 1.54) is 16.6 Å². The highest BCUT2D eigenvalue weighted by molar-refractivity contribution is 7.89. The van der Waals surface area contributed by atoms with Crippen molar-refractivity contribution in [1.82, 2.24) is 9.29 Å². The Morgan fingerprint density at radius 3 is 2.71 bits per heavy atom. The second kappa shape index (κ2) is 6.68. The second-order valence-corrected chi connectivity index (χ2v) is 5.84. The van der Waals surface area contributed by atoms with Gasteiger partial charge in [0, 0.05) is 32.6 Å². The Kier molecular flexibility index (Phi) is 5.54. The molecule has 1 rings (SSSR count). The van der Waals surface area contributed by atoms with Gasteiger partial charge >= 0.3 is 0 Å². The van der Waals surface area contributed by atoms with Gasteiger partial charge in [-0.1, -0.05) is 0 Å². The summed E-state index contributed by atoms with van der Waals surface area (Å²) in [6.07, 6.45) is 5.17. The van der Waals surface area contributed by atoms with E-state index in [4.69, 9.17) is 5.11 Å². The molecule has 0 amide bonds. The molecule has 5 nitrogen and oxygen atoms in total. The van der Waals surface area contributed by atoms with Crippen molar-refractivity contribution < 1.29 is 13.5 Å². The molecule has 96 valence electrons. The Morgan fingerprint density at radius 2 is 2.12 bits per heavy atom. The number of sulfonamides is 1. The molecule has 0 aliphatic heterocycles. The summed E-state index contributed by atoms with van der Waals surface area (Å²) in [6.45, 7) is 0.607. The summed E-state index contributed by atoms with van der Waals surface area (Å²) in [7, 11) is -1.86. The Labute approximate surface area is 102 Å². The lowest BCUT2D eigenvalue weighted by Crippen LogP contribution is -2.28. The molecule has 0 bridgehead atoms. The molecule has 6 heteroatoms. The Morgan fingerprint density at radius 1 is 1.35 bits per heavy atom. The number of aromatic nitrogens is 1. The van der Waals surface area contributed by atoms with Crippen molar-refractivity contribution >= 4 is 10.0 Å². The van der Waals surface area contributed by atoms with E-state index in [0.29, 0.717) is 13.0 Å². The van der Waals surface area contributed by atoms with Gasteiger partial charge in [0.15, 0.2) is 0 Å². The zero-order valence-electron chi connectivity index (χ0n) is 9.91. The first-order chi connectivity index (χ1) is 8.09. The van der Waals surface area contributed by atoms with Crippen molar-refractivity contribution in [3.8, 4) is 0 Å². The van der Waals surface area contributed by atoms with Gasteiger partial charge in [-0.3, -0.25) is 4.98 Å². The summed E-state index contributed by atoms with van der Waals surface area (Å²) in [5.74, 6) is 0. The molecule has 0 aliphatic rings. The monoisotopic (exact) mass is 258 g/mol. The van der Waals surface area contributed by atoms with Gasteiger partial charge in [0.2, 0.25) is 10.0 Å². The highest BCUT2D eigenvalue weighted by Crippen LogP contribution is 2.13. The maximum absolute atomic E-state index is 12.0. The average molecular weight is 258 g/mol. The average Bonchev–Trinajstić information content (AvgIpc) is 2.35. The fourth-order valence-corrected chi connectivity index (χ4v) is 2.60. The van der Waals surface area contributed by atoms with Crippen LogP contribution >= 0.6 is 0 Å². The summed E-state index contributed by atoms with van der Waals surface area (Å²) in [5.41, 5.74) is 0. The lowest BCUT2D eigenvalue weighted by Gasteiger charge is -2.16. The number of hydrogen-bond donors (Lipinski definition) is 1. The maximum atomic E-state index is 12.0. The SMILES string of the molecule is CN(CCCCCO)S(=O)(=O)c1cccnc1. The van der Waals surface area contributed by atoms with Gasteiger partial charge < -0.3 is 5.11 Å². The smallest absolute Gasteiger partial charge is 0.244 e. The van der Waals surface area contributed by atoms with Crippen molar-refractivity contribution in [2.75, 3.05) is 20.2 Å². The minimum Gasteiger partial charge on any atom is -0.396 e. The van der Waals surface area contributed by atoms with Crippen LogP contribution in [-0.4, -0.2) is 43.0 Å². The van der Waals surface area contributed by atoms with Crippen LogP contribution in [0.4, 0.5) is 0 Å². The number of aliphatic hydroxyl groups is 1. The molecule has 0 aliphatic carbocycles. The van der Waals surface area contributed by atoms with Gasteiger partial charge in [0.05, 0.1) is 0 Å². The van der Waals surface area contributed by atoms with Gasteiger partial charge in [-0.15, -0.1) is 0 Å². The van der Waals surface area contributed by atoms with E-state index in [0.717, 1.165) is 12.8 Å². The van der Waals surface area contributed by atoms with E-state index < -0.39 is 10.0 Å². The third kappa shape index (κ3) is 4.07. The minimum atomic E-state index is -3.42. The summed E-state index contributed by atoms with van der Waals surface area (Å²) in [5, 5.41) is 8.63. The molecular weight excluding hydrogens is 240 g/mol. The van der Waals surface area contributed by atoms with Gasteiger partial charge in [-0.05, 0) is 31.4 Å². The molecule has 0 saturated carbocycles. The predicted octanol–water partition coefficient (Wildman–Crippen LogP) is 0.865. The standard InChI is InChI=1S/C11H18N2O3S/c1-13(8-3-2-4-9-14)17(15,16)11-6-5-7-12-10-11/h5-7,10,14H,2-4,8-9H2,1H3. The molecule has 17 heavy (non-hydrogen) atoms. The van der Waals surface area contributed by atoms with Crippen molar-refractivity contribution in [1.29, 1.82) is 0 Å². The molecule has 0 saturated heterocycles. The quantitative estimate of drug-likeness (QED) is 0.737. The normalized spacial score (nSPS) is 11.9. The molecule has 0 radical (unpaired) electrons. The summed E-state index contributed by atoms with van der Waals surface area (Å²) < 4.78 is 25.4. The van der Waals surface area contributed by atoms with Crippen molar-refractivity contribution in [3.05, 3.63) is 24.5 Å². The Hall–Kier alpha value is -0.980. The second-order valence-electron chi connectivity index (χ2n) is 3.80. The lowest BCUT2D eigenvalue weighted by atomic mass is 10.2. The number of unbranched alkanes of at least 4 members (excludes halogenated alkanes) is 2. The van der Waals surface area contributed by atoms with Crippen LogP contribution in [0, 0.1) is 0 Å². The van der Waals surface area contributed by atoms with Crippen LogP contribution in [0.5, 0.6) is 0 Å². The fourth-order valence-electron chi connectivity index (χ4n) is 1.42. The van der Waals surface area contributed by atoms with Gasteiger partial charge in [0.25, 0.3) is 0 Å². The number of hydrogen-bond acceptors (Lipinski definition) is 4. The number of aliphatic hydroxyl groups excluding tert-OH is 1. The summed E-state index contributed by atoms with van der Waals surface area (Å²) in [4.78, 5) is 4.02. The molecule has 0 spiro atoms. The first kappa shape index (κ1) is 14.1. The Balaban J connectivity index is 2.59. The molecule has 0 unspecified atom stereocenters. The maximum Gasteiger partial charge on any atom is 0.244 e. The van der Waals surface area contributed by atoms with E-state index >= 15 is 0 Å². The third-order valence-corrected chi connectivity index (χ3v) is 4.31. The molecular formula is C11H18N2O3S. The molecule has 1 aromatic rings. The van der Waals surface area contributed by atoms with Crippen LogP contribution in [0.15, 0.2) is 29.4 Å². The summed E-state index contributed by atoms with van der Waals surface area (Å²) >= 11 is 0. The molecule has 0 aromatic carbocycles. The van der Waals surface area contributed by atoms with Crippen molar-refractivity contribution in [2.24, 2.45) is 0 Å². The van der Waals surface area contributed by atoms with Crippen LogP contribution in [0.1, 0.15) is 19.3 Å². The highest BCUT2D eigenvalue weighted by Gasteiger charge is 2.19. The fraction of sp³-hybridized carbons (Fsp3) is 0.545. The molecule has 1 N–H and O–H groups in total. The van der Waals surface area contributed by atoms with Crippen molar-refractivity contribution in [2.45, 2.75) is 24.2 Å². The van der Waals surface area contributed by atoms with Crippen LogP contribution in [0.25, 0.3) is 0 Å². The highest BCUT2D eigenvalue weighted by atomic mass is 32.2. The van der Waals surface area contributed by atoms with Crippen LogP contribution in [0.3, 0.4) is 0 Å². The Bertz CT molecular complexity index is 420. The minimum absolute atomic E-state index is 0.152. The van der Waals surface area contributed by atoms with E-state index in [9.17, 15) is 8.42 Å². The predicted molar refractivity (Wildman–Crippen MR) is 65.0 cm³/mol. The zero-order valence-corrected chi connectivity index (χ0v) is 10.7. The number of nitrogens with zero attached hydrogens (tertiary/aromatic N) is 2. The third-order valence-electron chi connectivity index (χ3n) is 2.47. The first-order valence-corrected chi connectivity index (χ1v) is 7.00. The van der Waals surface area contributed by atoms with E-state index in [1.54, 1.807) is 19.3 Å². The summed E-state index contributed by atoms with van der Waals surface area (Å²) in [6, 6.07) is 3.14. The van der Waals surface area contributed by atoms with Crippen LogP contribution in [-0.2, 0) is 10.0 Å². The molecule has 0 atom stereocenters. The molecule has 1 aromatic heterocycles. The van der Waals surface area contributed by atoms with Crippen molar-refractivity contribution in [3.63, 3.8) is 0 Å².